The summed E-state index contributed by atoms with van der Waals surface area (Å²) in [5.41, 5.74) is 24.6. The van der Waals surface area contributed by atoms with Crippen molar-refractivity contribution in [1.29, 1.82) is 0 Å². The second kappa shape index (κ2) is 29.4. The van der Waals surface area contributed by atoms with Gasteiger partial charge >= 0.3 is 6.18 Å². The van der Waals surface area contributed by atoms with Gasteiger partial charge < -0.3 is 24.5 Å². The summed E-state index contributed by atoms with van der Waals surface area (Å²) in [5, 5.41) is 0. The maximum atomic E-state index is 17.2. The molecule has 15 aromatic carbocycles. The molecule has 540 valence electrons. The Bertz CT molecular complexity index is 6130. The van der Waals surface area contributed by atoms with Crippen LogP contribution < -0.4 is 57.3 Å². The molecule has 11 heteroatoms. The van der Waals surface area contributed by atoms with Crippen LogP contribution in [0, 0.1) is 5.92 Å². The van der Waals surface area contributed by atoms with Crippen LogP contribution in [0.3, 0.4) is 0 Å². The lowest BCUT2D eigenvalue weighted by molar-refractivity contribution is -0.137. The predicted octanol–water partition coefficient (Wildman–Crippen LogP) is 24.5. The van der Waals surface area contributed by atoms with Gasteiger partial charge in [0.1, 0.15) is 0 Å². The van der Waals surface area contributed by atoms with Crippen LogP contribution in [-0.4, -0.2) is 13.4 Å². The molecule has 0 bridgehead atoms. The molecular formula is C102H74B2F3N5S. The van der Waals surface area contributed by atoms with Crippen molar-refractivity contribution in [2.75, 3.05) is 24.5 Å². The number of allylic oxidation sites excluding steroid dienone is 6. The number of benzene rings is 15. The van der Waals surface area contributed by atoms with Gasteiger partial charge in [0.25, 0.3) is 6.71 Å². The van der Waals surface area contributed by atoms with E-state index in [2.05, 4.69) is 331 Å². The van der Waals surface area contributed by atoms with Gasteiger partial charge in [-0.2, -0.15) is 13.2 Å². The molecule has 0 aromatic heterocycles. The van der Waals surface area contributed by atoms with E-state index in [1.807, 2.05) is 89.8 Å². The van der Waals surface area contributed by atoms with Crippen LogP contribution in [0.1, 0.15) is 25.0 Å². The first kappa shape index (κ1) is 70.0. The number of anilines is 14. The number of rotatable bonds is 17. The number of para-hydroxylation sites is 8. The molecule has 0 saturated carbocycles. The number of hydrogen-bond donors (Lipinski definition) is 0. The zero-order valence-electron chi connectivity index (χ0n) is 62.2. The molecule has 0 saturated heterocycles. The van der Waals surface area contributed by atoms with Crippen molar-refractivity contribution >= 4 is 143 Å². The summed E-state index contributed by atoms with van der Waals surface area (Å²) < 4.78 is 51.6. The van der Waals surface area contributed by atoms with Crippen LogP contribution in [0.5, 0.6) is 0 Å². The fourth-order valence-corrected chi connectivity index (χ4v) is 18.7. The maximum absolute atomic E-state index is 17.2. The van der Waals surface area contributed by atoms with Crippen LogP contribution in [0.15, 0.2) is 416 Å². The highest BCUT2D eigenvalue weighted by Gasteiger charge is 2.50. The topological polar surface area (TPSA) is 16.2 Å². The lowest BCUT2D eigenvalue weighted by atomic mass is 9.31. The number of halogens is 3. The van der Waals surface area contributed by atoms with Crippen molar-refractivity contribution < 1.29 is 13.2 Å². The van der Waals surface area contributed by atoms with Gasteiger partial charge in [-0.25, -0.2) is 0 Å². The molecule has 0 radical (unpaired) electrons. The number of nitrogens with zero attached hydrogens (tertiary/aromatic N) is 5. The summed E-state index contributed by atoms with van der Waals surface area (Å²) >= 11 is 1.68. The zero-order valence-corrected chi connectivity index (χ0v) is 63.1. The van der Waals surface area contributed by atoms with Gasteiger partial charge in [-0.05, 0) is 159 Å². The van der Waals surface area contributed by atoms with E-state index in [0.29, 0.717) is 22.5 Å². The Morgan fingerprint density at radius 2 is 0.841 bits per heavy atom. The van der Waals surface area contributed by atoms with Crippen LogP contribution in [0.2, 0.25) is 0 Å². The minimum absolute atomic E-state index is 0.0300. The molecule has 0 fully saturated rings. The van der Waals surface area contributed by atoms with Crippen molar-refractivity contribution in [2.45, 2.75) is 29.8 Å². The Labute approximate surface area is 663 Å². The van der Waals surface area contributed by atoms with E-state index in [1.54, 1.807) is 17.8 Å². The summed E-state index contributed by atoms with van der Waals surface area (Å²) in [6.07, 6.45) is 5.99. The van der Waals surface area contributed by atoms with Crippen LogP contribution in [0.4, 0.5) is 92.8 Å². The largest absolute Gasteiger partial charge is 0.418 e. The second-order valence-electron chi connectivity index (χ2n) is 29.0. The highest BCUT2D eigenvalue weighted by molar-refractivity contribution is 8.00. The SMILES string of the molecule is C=C(/C(=C\C=C/C(C)/C=C\C)c1ccccc1)N(c1ccccc1)c1cc2c3c(c1)N(c1c(-c4ccccc4)cccc1-c1ccccc1)c1ccccc1B3c1cc3c(cc1S2)N(c1c(-c2ccccc2)cccc1C(F)(F)F)c1cc(N(c2ccccc2)c2ccccc2)cc2c1B3c1ccccc1N2c1ccccc1. The monoisotopic (exact) mass is 1480 g/mol. The summed E-state index contributed by atoms with van der Waals surface area (Å²) in [6.45, 7) is 8.46. The van der Waals surface area contributed by atoms with Gasteiger partial charge in [0.05, 0.1) is 22.6 Å². The molecule has 1 atom stereocenters. The molecule has 1 unspecified atom stereocenters. The molecule has 4 heterocycles. The lowest BCUT2D eigenvalue weighted by Gasteiger charge is -2.47. The quantitative estimate of drug-likeness (QED) is 0.0509. The number of hydrogen-bond acceptors (Lipinski definition) is 6. The molecule has 4 aliphatic rings. The minimum Gasteiger partial charge on any atom is -0.311 e. The molecule has 113 heavy (non-hydrogen) atoms. The Kier molecular flexibility index (Phi) is 18.2. The van der Waals surface area contributed by atoms with E-state index in [0.717, 1.165) is 144 Å². The molecule has 5 nitrogen and oxygen atoms in total. The summed E-state index contributed by atoms with van der Waals surface area (Å²) in [4.78, 5) is 13.3. The fourth-order valence-electron chi connectivity index (χ4n) is 17.5. The van der Waals surface area contributed by atoms with Crippen molar-refractivity contribution in [1.82, 2.24) is 0 Å². The van der Waals surface area contributed by atoms with Gasteiger partial charge in [0, 0.05) is 100 Å². The van der Waals surface area contributed by atoms with Crippen LogP contribution in [0.25, 0.3) is 39.0 Å². The average molecular weight is 1480 g/mol. The first-order chi connectivity index (χ1) is 55.6. The standard InChI is InChI=1S/C102H74B2F3N5S/c1-4-36-69(2)37-33-54-81(71-38-13-5-14-39-71)70(3)108(75-46-21-9-22-47-75)80-65-95-99-97(66-80)113-96-68-92-88(67-89(96)104(99)87-60-30-32-62-91(87)111(95)100-82(72-40-15-6-16-41-72)55-34-56-83(100)73-42-17-7-18-43-73)103-86-59-29-31-61-90(86)110(78-52-27-12-28-53-78)93-63-79(109(76-48-23-10-24-49-76)77-50-25-11-26-51-77)64-94(98(93)103)112(92)101-84(74-44-19-8-20-45-74)57-35-58-85(101)102(105,106)107/h4-69H,3H2,1-2H3/b36-4-,37-33-,81-54+. The summed E-state index contributed by atoms with van der Waals surface area (Å²) in [7, 11) is 0. The molecular weight excluding hydrogens is 1410 g/mol. The van der Waals surface area contributed by atoms with Crippen molar-refractivity contribution in [3.63, 3.8) is 0 Å². The Morgan fingerprint density at radius 3 is 1.40 bits per heavy atom. The maximum Gasteiger partial charge on any atom is 0.418 e. The van der Waals surface area contributed by atoms with Crippen LogP contribution in [-0.2, 0) is 6.18 Å². The Hall–Kier alpha value is -13.5. The number of alkyl halides is 3. The van der Waals surface area contributed by atoms with Crippen LogP contribution >= 0.6 is 11.8 Å². The molecule has 19 rings (SSSR count). The lowest BCUT2D eigenvalue weighted by Crippen LogP contribution is -2.64. The smallest absolute Gasteiger partial charge is 0.311 e. The van der Waals surface area contributed by atoms with Crippen molar-refractivity contribution in [3.8, 4) is 33.4 Å². The van der Waals surface area contributed by atoms with E-state index in [-0.39, 0.29) is 11.6 Å². The van der Waals surface area contributed by atoms with E-state index in [4.69, 9.17) is 6.58 Å². The third-order valence-electron chi connectivity index (χ3n) is 22.2. The molecule has 0 spiro atoms. The third-order valence-corrected chi connectivity index (χ3v) is 23.4. The van der Waals surface area contributed by atoms with Crippen molar-refractivity contribution in [2.24, 2.45) is 5.92 Å². The molecule has 0 N–H and O–H groups in total. The van der Waals surface area contributed by atoms with Gasteiger partial charge in [-0.15, -0.1) is 0 Å². The van der Waals surface area contributed by atoms with E-state index < -0.39 is 25.2 Å². The average Bonchev–Trinajstić information content (AvgIpc) is 0.685. The summed E-state index contributed by atoms with van der Waals surface area (Å²) in [6, 6.07) is 126. The Morgan fingerprint density at radius 1 is 0.389 bits per heavy atom. The van der Waals surface area contributed by atoms with E-state index >= 15 is 13.2 Å². The first-order valence-electron chi connectivity index (χ1n) is 38.4. The molecule has 0 amide bonds. The first-order valence-corrected chi connectivity index (χ1v) is 39.2. The Balaban J connectivity index is 0.933. The fraction of sp³-hybridized carbons (Fsp3) is 0.0392. The predicted molar refractivity (Wildman–Crippen MR) is 472 cm³/mol. The van der Waals surface area contributed by atoms with E-state index in [9.17, 15) is 0 Å². The molecule has 15 aromatic rings. The van der Waals surface area contributed by atoms with Gasteiger partial charge in [0.15, 0.2) is 0 Å². The highest BCUT2D eigenvalue weighted by Crippen LogP contribution is 2.56. The van der Waals surface area contributed by atoms with Gasteiger partial charge in [0.2, 0.25) is 6.71 Å². The molecule has 0 aliphatic carbocycles. The third kappa shape index (κ3) is 12.5. The normalized spacial score (nSPS) is 13.4. The van der Waals surface area contributed by atoms with Gasteiger partial charge in [-0.1, -0.05) is 328 Å². The van der Waals surface area contributed by atoms with E-state index in [1.165, 1.54) is 6.07 Å². The number of fused-ring (bicyclic) bond motifs is 8. The highest BCUT2D eigenvalue weighted by atomic mass is 32.2. The second-order valence-corrected chi connectivity index (χ2v) is 30.1. The van der Waals surface area contributed by atoms with Crippen molar-refractivity contribution in [3.05, 3.63) is 418 Å². The zero-order chi connectivity index (χ0) is 76.3. The molecule has 4 aliphatic heterocycles. The summed E-state index contributed by atoms with van der Waals surface area (Å²) in [5.74, 6) is 0.183. The minimum atomic E-state index is -4.82. The van der Waals surface area contributed by atoms with Gasteiger partial charge in [-0.3, -0.25) is 0 Å².